The molecule has 23 heavy (non-hydrogen) atoms. The lowest BCUT2D eigenvalue weighted by molar-refractivity contribution is -0.114. The zero-order valence-electron chi connectivity index (χ0n) is 15.6. The van der Waals surface area contributed by atoms with Crippen molar-refractivity contribution in [1.29, 1.82) is 0 Å². The van der Waals surface area contributed by atoms with Crippen LogP contribution in [0, 0.1) is 17.8 Å². The molecule has 0 bridgehead atoms. The van der Waals surface area contributed by atoms with Crippen LogP contribution >= 0.6 is 0 Å². The fourth-order valence-electron chi connectivity index (χ4n) is 2.33. The number of carbonyl (C=O) groups is 1. The predicted molar refractivity (Wildman–Crippen MR) is 100 cm³/mol. The van der Waals surface area contributed by atoms with Crippen molar-refractivity contribution < 1.29 is 4.79 Å². The summed E-state index contributed by atoms with van der Waals surface area (Å²) in [7, 11) is 1.78. The summed E-state index contributed by atoms with van der Waals surface area (Å²) in [6.07, 6.45) is 6.38. The molecule has 0 saturated heterocycles. The number of amides is 1. The van der Waals surface area contributed by atoms with Crippen molar-refractivity contribution in [1.82, 2.24) is 0 Å². The fraction of sp³-hybridized carbons (Fsp3) is 0.600. The lowest BCUT2D eigenvalue weighted by Crippen LogP contribution is -2.22. The van der Waals surface area contributed by atoms with Crippen molar-refractivity contribution in [3.8, 4) is 11.8 Å². The van der Waals surface area contributed by atoms with Crippen LogP contribution < -0.4 is 5.73 Å². The van der Waals surface area contributed by atoms with Gasteiger partial charge in [0.25, 0.3) is 0 Å². The molecule has 0 spiro atoms. The first-order valence-electron chi connectivity index (χ1n) is 8.59. The van der Waals surface area contributed by atoms with Crippen LogP contribution in [0.1, 0.15) is 66.7 Å². The van der Waals surface area contributed by atoms with E-state index in [1.165, 1.54) is 0 Å². The molecule has 0 aliphatic rings. The summed E-state index contributed by atoms with van der Waals surface area (Å²) in [6, 6.07) is 0. The van der Waals surface area contributed by atoms with Crippen molar-refractivity contribution in [2.75, 3.05) is 7.05 Å². The number of primary amides is 1. The molecule has 0 aliphatic heterocycles. The fourth-order valence-corrected chi connectivity index (χ4v) is 2.33. The molecule has 0 rings (SSSR count). The van der Waals surface area contributed by atoms with Crippen LogP contribution in [0.25, 0.3) is 0 Å². The summed E-state index contributed by atoms with van der Waals surface area (Å²) in [4.78, 5) is 16.5. The van der Waals surface area contributed by atoms with Crippen molar-refractivity contribution in [3.05, 3.63) is 22.8 Å². The van der Waals surface area contributed by atoms with Crippen LogP contribution in [-0.4, -0.2) is 18.7 Å². The Kier molecular flexibility index (Phi) is 10.8. The molecule has 0 aromatic carbocycles. The Morgan fingerprint density at radius 2 is 1.96 bits per heavy atom. The number of unbranched alkanes of at least 4 members (excludes halogenated alkanes) is 1. The van der Waals surface area contributed by atoms with Gasteiger partial charge in [0.2, 0.25) is 5.91 Å². The maximum absolute atomic E-state index is 12.0. The number of hydrogen-bond donors (Lipinski definition) is 1. The standard InChI is InChI=1S/C20H32N2O/c1-7-10-12-13-17(20(21)23)19(16(5)15(4)9-3)18(22-6)14-11-8-2/h13,15H,7-9,11,14H2,1-6H3,(H2,21,23)/b17-13+,19-16-,22-18?. The van der Waals surface area contributed by atoms with Crippen LogP contribution in [0.4, 0.5) is 0 Å². The predicted octanol–water partition coefficient (Wildman–Crippen LogP) is 4.44. The Bertz CT molecular complexity index is 542. The third-order valence-electron chi connectivity index (χ3n) is 4.10. The Balaban J connectivity index is 6.21. The molecular weight excluding hydrogens is 284 g/mol. The van der Waals surface area contributed by atoms with Crippen LogP contribution in [0.5, 0.6) is 0 Å². The minimum absolute atomic E-state index is 0.366. The second kappa shape index (κ2) is 11.7. The molecule has 0 aromatic heterocycles. The van der Waals surface area contributed by atoms with E-state index in [0.29, 0.717) is 11.5 Å². The molecule has 3 nitrogen and oxygen atoms in total. The van der Waals surface area contributed by atoms with Gasteiger partial charge in [-0.25, -0.2) is 0 Å². The number of rotatable bonds is 8. The molecule has 128 valence electrons. The van der Waals surface area contributed by atoms with E-state index in [1.807, 2.05) is 6.92 Å². The topological polar surface area (TPSA) is 55.5 Å². The number of nitrogens with two attached hydrogens (primary N) is 1. The van der Waals surface area contributed by atoms with Crippen LogP contribution in [-0.2, 0) is 4.79 Å². The van der Waals surface area contributed by atoms with E-state index in [-0.39, 0.29) is 0 Å². The Labute approximate surface area is 142 Å². The average Bonchev–Trinajstić information content (AvgIpc) is 2.54. The minimum Gasteiger partial charge on any atom is -0.366 e. The molecule has 1 atom stereocenters. The van der Waals surface area contributed by atoms with E-state index >= 15 is 0 Å². The number of aliphatic imine (C=N–C) groups is 1. The van der Waals surface area contributed by atoms with Gasteiger partial charge in [0.15, 0.2) is 0 Å². The highest BCUT2D eigenvalue weighted by atomic mass is 16.1. The molecule has 1 unspecified atom stereocenters. The van der Waals surface area contributed by atoms with E-state index < -0.39 is 5.91 Å². The van der Waals surface area contributed by atoms with Gasteiger partial charge < -0.3 is 5.73 Å². The number of allylic oxidation sites excluding steroid dienone is 2. The molecule has 2 N–H and O–H groups in total. The van der Waals surface area contributed by atoms with E-state index in [2.05, 4.69) is 44.5 Å². The third kappa shape index (κ3) is 6.86. The van der Waals surface area contributed by atoms with E-state index in [9.17, 15) is 4.79 Å². The van der Waals surface area contributed by atoms with Gasteiger partial charge in [-0.2, -0.15) is 0 Å². The van der Waals surface area contributed by atoms with Crippen molar-refractivity contribution in [2.24, 2.45) is 16.6 Å². The summed E-state index contributed by atoms with van der Waals surface area (Å²) in [5.74, 6) is 5.84. The molecule has 0 saturated carbocycles. The largest absolute Gasteiger partial charge is 0.366 e. The van der Waals surface area contributed by atoms with Crippen LogP contribution in [0.2, 0.25) is 0 Å². The molecule has 1 amide bonds. The van der Waals surface area contributed by atoms with E-state index in [0.717, 1.165) is 49.0 Å². The van der Waals surface area contributed by atoms with Crippen molar-refractivity contribution in [2.45, 2.75) is 66.7 Å². The number of hydrogen-bond acceptors (Lipinski definition) is 2. The SMILES string of the molecule is CCC#C/C=C(C(N)=O)\C(C(CCCC)=NC)=C(/C)C(C)CC. The zero-order chi connectivity index (χ0) is 17.8. The van der Waals surface area contributed by atoms with Gasteiger partial charge in [0.1, 0.15) is 0 Å². The molecule has 0 radical (unpaired) electrons. The quantitative estimate of drug-likeness (QED) is 0.306. The summed E-state index contributed by atoms with van der Waals surface area (Å²) in [5.41, 5.74) is 9.15. The monoisotopic (exact) mass is 316 g/mol. The van der Waals surface area contributed by atoms with E-state index in [4.69, 9.17) is 5.73 Å². The van der Waals surface area contributed by atoms with Gasteiger partial charge in [-0.05, 0) is 32.1 Å². The third-order valence-corrected chi connectivity index (χ3v) is 4.10. The van der Waals surface area contributed by atoms with Crippen molar-refractivity contribution >= 4 is 11.6 Å². The average molecular weight is 316 g/mol. The highest BCUT2D eigenvalue weighted by Crippen LogP contribution is 2.26. The lowest BCUT2D eigenvalue weighted by atomic mass is 9.86. The summed E-state index contributed by atoms with van der Waals surface area (Å²) in [5, 5.41) is 0. The summed E-state index contributed by atoms with van der Waals surface area (Å²) in [6.45, 7) is 10.5. The Hall–Kier alpha value is -1.82. The highest BCUT2D eigenvalue weighted by molar-refractivity contribution is 6.14. The second-order valence-electron chi connectivity index (χ2n) is 5.74. The van der Waals surface area contributed by atoms with Crippen molar-refractivity contribution in [3.63, 3.8) is 0 Å². The summed E-state index contributed by atoms with van der Waals surface area (Å²) >= 11 is 0. The zero-order valence-corrected chi connectivity index (χ0v) is 15.6. The molecular formula is C20H32N2O. The Morgan fingerprint density at radius 1 is 1.30 bits per heavy atom. The minimum atomic E-state index is -0.439. The van der Waals surface area contributed by atoms with Gasteiger partial charge >= 0.3 is 0 Å². The summed E-state index contributed by atoms with van der Waals surface area (Å²) < 4.78 is 0. The maximum Gasteiger partial charge on any atom is 0.250 e. The normalized spacial score (nSPS) is 14.7. The lowest BCUT2D eigenvalue weighted by Gasteiger charge is -2.19. The molecule has 3 heteroatoms. The van der Waals surface area contributed by atoms with Crippen LogP contribution in [0.15, 0.2) is 27.8 Å². The maximum atomic E-state index is 12.0. The first kappa shape index (κ1) is 21.2. The first-order valence-corrected chi connectivity index (χ1v) is 8.59. The molecule has 0 heterocycles. The number of carbonyl (C=O) groups excluding carboxylic acids is 1. The smallest absolute Gasteiger partial charge is 0.250 e. The van der Waals surface area contributed by atoms with Gasteiger partial charge in [-0.1, -0.05) is 51.5 Å². The van der Waals surface area contributed by atoms with E-state index in [1.54, 1.807) is 13.1 Å². The van der Waals surface area contributed by atoms with Crippen LogP contribution in [0.3, 0.4) is 0 Å². The highest BCUT2D eigenvalue weighted by Gasteiger charge is 2.21. The number of nitrogens with zero attached hydrogens (tertiary/aromatic N) is 1. The Morgan fingerprint density at radius 3 is 2.39 bits per heavy atom. The second-order valence-corrected chi connectivity index (χ2v) is 5.74. The van der Waals surface area contributed by atoms with Gasteiger partial charge in [0, 0.05) is 30.8 Å². The first-order chi connectivity index (χ1) is 10.9. The molecule has 0 aliphatic carbocycles. The van der Waals surface area contributed by atoms with Gasteiger partial charge in [-0.15, -0.1) is 0 Å². The van der Waals surface area contributed by atoms with Gasteiger partial charge in [0.05, 0.1) is 5.57 Å². The van der Waals surface area contributed by atoms with Gasteiger partial charge in [-0.3, -0.25) is 9.79 Å². The molecule has 0 aromatic rings. The molecule has 0 fully saturated rings.